The molecule has 0 saturated carbocycles. The van der Waals surface area contributed by atoms with Crippen molar-refractivity contribution in [3.63, 3.8) is 0 Å². The second kappa shape index (κ2) is 10.1. The Morgan fingerprint density at radius 2 is 0.968 bits per heavy atom. The number of allylic oxidation sites excluding steroid dienone is 2. The maximum atomic E-state index is 4.50. The van der Waals surface area contributed by atoms with Crippen LogP contribution >= 0.6 is 0 Å². The summed E-state index contributed by atoms with van der Waals surface area (Å²) in [6.07, 6.45) is 2.26. The van der Waals surface area contributed by atoms with Crippen LogP contribution in [0, 0.1) is 0 Å². The van der Waals surface area contributed by atoms with Crippen LogP contribution in [0.1, 0.15) is 52.7 Å². The summed E-state index contributed by atoms with van der Waals surface area (Å²) in [6.45, 7) is 12.8. The van der Waals surface area contributed by atoms with Crippen molar-refractivity contribution in [2.45, 2.75) is 60.9 Å². The maximum absolute atomic E-state index is 4.50. The van der Waals surface area contributed by atoms with Gasteiger partial charge in [-0.25, -0.2) is 0 Å². The van der Waals surface area contributed by atoms with Crippen molar-refractivity contribution in [3.8, 4) is 0 Å². The number of nitrogens with zero attached hydrogens (tertiary/aromatic N) is 4. The molecule has 0 aromatic heterocycles. The van der Waals surface area contributed by atoms with E-state index in [0.717, 1.165) is 24.2 Å². The average molecular weight is 492 g/mol. The van der Waals surface area contributed by atoms with Crippen molar-refractivity contribution < 1.29 is 23.2 Å². The van der Waals surface area contributed by atoms with Gasteiger partial charge in [0.05, 0.1) is 0 Å². The summed E-state index contributed by atoms with van der Waals surface area (Å²) in [5.74, 6) is 0. The van der Waals surface area contributed by atoms with Gasteiger partial charge in [0, 0.05) is 0 Å². The molecular weight excluding hydrogens is 460 g/mol. The third-order valence-electron chi connectivity index (χ3n) is 6.22. The SMILES string of the molecule is CC1=C(C)[C](C)([Zr][C]2(C)N=NC(C)=C2C)N=N1.c1ccc(CCc2ccccc2)cc1. The molecule has 31 heavy (non-hydrogen) atoms. The average Bonchev–Trinajstić information content (AvgIpc) is 3.18. The summed E-state index contributed by atoms with van der Waals surface area (Å²) in [5, 5.41) is 17.5. The van der Waals surface area contributed by atoms with Crippen LogP contribution in [0.2, 0.25) is 0 Å². The summed E-state index contributed by atoms with van der Waals surface area (Å²) in [4.78, 5) is 0. The minimum atomic E-state index is -0.950. The number of azo groups is 2. The minimum absolute atomic E-state index is 0.0624. The summed E-state index contributed by atoms with van der Waals surface area (Å²) in [5.41, 5.74) is 7.61. The third kappa shape index (κ3) is 5.83. The molecule has 4 rings (SSSR count). The van der Waals surface area contributed by atoms with Gasteiger partial charge in [-0.2, -0.15) is 0 Å². The van der Waals surface area contributed by atoms with Crippen LogP contribution < -0.4 is 0 Å². The molecule has 2 atom stereocenters. The Kier molecular flexibility index (Phi) is 7.70. The van der Waals surface area contributed by atoms with E-state index in [9.17, 15) is 0 Å². The molecule has 2 unspecified atom stereocenters. The number of benzene rings is 2. The van der Waals surface area contributed by atoms with E-state index in [1.165, 1.54) is 22.3 Å². The van der Waals surface area contributed by atoms with Crippen molar-refractivity contribution in [2.24, 2.45) is 20.5 Å². The van der Waals surface area contributed by atoms with Gasteiger partial charge in [0.1, 0.15) is 0 Å². The summed E-state index contributed by atoms with van der Waals surface area (Å²) in [6, 6.07) is 21.2. The number of rotatable bonds is 5. The number of hydrogen-bond donors (Lipinski definition) is 0. The van der Waals surface area contributed by atoms with E-state index in [1.54, 1.807) is 0 Å². The predicted octanol–water partition coefficient (Wildman–Crippen LogP) is 7.49. The van der Waals surface area contributed by atoms with Gasteiger partial charge in [0.2, 0.25) is 0 Å². The third-order valence-corrected chi connectivity index (χ3v) is 10.9. The van der Waals surface area contributed by atoms with Gasteiger partial charge >= 0.3 is 114 Å². The van der Waals surface area contributed by atoms with E-state index in [0.29, 0.717) is 0 Å². The number of hydrogen-bond acceptors (Lipinski definition) is 4. The zero-order valence-corrected chi connectivity index (χ0v) is 21.9. The van der Waals surface area contributed by atoms with Gasteiger partial charge < -0.3 is 0 Å². The van der Waals surface area contributed by atoms with Crippen LogP contribution in [0.25, 0.3) is 0 Å². The normalized spacial score (nSPS) is 24.5. The first-order valence-electron chi connectivity index (χ1n) is 10.8. The van der Waals surface area contributed by atoms with E-state index in [1.807, 2.05) is 13.8 Å². The first kappa shape index (κ1) is 23.7. The van der Waals surface area contributed by atoms with Crippen LogP contribution in [-0.2, 0) is 36.1 Å². The fourth-order valence-corrected chi connectivity index (χ4v) is 8.28. The van der Waals surface area contributed by atoms with Crippen LogP contribution in [-0.4, -0.2) is 6.49 Å². The fraction of sp³-hybridized carbons (Fsp3) is 0.385. The second-order valence-electron chi connectivity index (χ2n) is 8.56. The Morgan fingerprint density at radius 1 is 0.613 bits per heavy atom. The minimum Gasteiger partial charge on any atom is -0.0622 e. The standard InChI is InChI=1S/C14H14.2C6H9N2.Zr/c1-3-7-13(8-4-1)11-12-14-9-5-2-6-10-14;2*1-4-5(2)7-8-6(4)3;/h1-10H,11-12H2;2*1-3H3;. The van der Waals surface area contributed by atoms with E-state index in [-0.39, 0.29) is 6.49 Å². The smallest absolute Gasteiger partial charge is 0.0238 e. The zero-order chi connectivity index (χ0) is 22.5. The van der Waals surface area contributed by atoms with Gasteiger partial charge in [-0.15, -0.1) is 0 Å². The monoisotopic (exact) mass is 490 g/mol. The molecule has 0 amide bonds. The van der Waals surface area contributed by atoms with E-state index in [4.69, 9.17) is 0 Å². The van der Waals surface area contributed by atoms with Crippen molar-refractivity contribution in [1.29, 1.82) is 0 Å². The molecule has 0 aliphatic carbocycles. The van der Waals surface area contributed by atoms with Crippen molar-refractivity contribution in [2.75, 3.05) is 0 Å². The molecule has 2 aliphatic rings. The Hall–Kier alpha value is -2.00. The molecule has 0 N–H and O–H groups in total. The van der Waals surface area contributed by atoms with Crippen LogP contribution in [0.15, 0.2) is 104 Å². The quantitative estimate of drug-likeness (QED) is 0.416. The van der Waals surface area contributed by atoms with Gasteiger partial charge in [-0.1, -0.05) is 60.7 Å². The largest absolute Gasteiger partial charge is 0.0622 e. The molecule has 0 bridgehead atoms. The van der Waals surface area contributed by atoms with E-state index >= 15 is 0 Å². The zero-order valence-electron chi connectivity index (χ0n) is 19.5. The van der Waals surface area contributed by atoms with E-state index < -0.39 is 23.2 Å². The maximum Gasteiger partial charge on any atom is -0.0238 e. The molecule has 0 spiro atoms. The Labute approximate surface area is 198 Å². The molecule has 0 radical (unpaired) electrons. The molecule has 2 heterocycles. The second-order valence-corrected chi connectivity index (χ2v) is 14.0. The molecule has 0 fully saturated rings. The van der Waals surface area contributed by atoms with Gasteiger partial charge in [0.25, 0.3) is 0 Å². The van der Waals surface area contributed by atoms with Crippen LogP contribution in [0.4, 0.5) is 0 Å². The van der Waals surface area contributed by atoms with Gasteiger partial charge in [-0.05, 0) is 24.0 Å². The predicted molar refractivity (Wildman–Crippen MR) is 124 cm³/mol. The Balaban J connectivity index is 0.000000179. The van der Waals surface area contributed by atoms with Crippen molar-refractivity contribution in [1.82, 2.24) is 0 Å². The van der Waals surface area contributed by atoms with Crippen LogP contribution in [0.5, 0.6) is 0 Å². The van der Waals surface area contributed by atoms with Crippen molar-refractivity contribution >= 4 is 0 Å². The molecule has 0 saturated heterocycles. The van der Waals surface area contributed by atoms with Crippen molar-refractivity contribution in [3.05, 3.63) is 94.3 Å². The Bertz CT molecular complexity index is 940. The molecule has 2 aromatic carbocycles. The molecule has 2 aromatic rings. The first-order valence-corrected chi connectivity index (χ1v) is 13.3. The number of aryl methyl sites for hydroxylation is 2. The van der Waals surface area contributed by atoms with E-state index in [2.05, 4.69) is 109 Å². The fourth-order valence-electron chi connectivity index (χ4n) is 3.64. The topological polar surface area (TPSA) is 49.4 Å². The summed E-state index contributed by atoms with van der Waals surface area (Å²) in [7, 11) is 0. The Morgan fingerprint density at radius 3 is 1.26 bits per heavy atom. The van der Waals surface area contributed by atoms with Gasteiger partial charge in [-0.3, -0.25) is 0 Å². The molecule has 2 aliphatic heterocycles. The van der Waals surface area contributed by atoms with Gasteiger partial charge in [0.15, 0.2) is 0 Å². The summed E-state index contributed by atoms with van der Waals surface area (Å²) >= 11 is -0.950. The molecule has 160 valence electrons. The summed E-state index contributed by atoms with van der Waals surface area (Å²) < 4.78 is -0.125. The molecule has 4 nitrogen and oxygen atoms in total. The first-order chi connectivity index (χ1) is 14.7. The van der Waals surface area contributed by atoms with Crippen LogP contribution in [0.3, 0.4) is 0 Å². The molecule has 5 heteroatoms. The molecular formula is C26H32N4Zr.